The Hall–Kier alpha value is -1.09. The minimum atomic E-state index is 0.115. The smallest absolute Gasteiger partial charge is 0.129 e. The molecule has 1 aliphatic rings. The molecule has 1 atom stereocenters. The highest BCUT2D eigenvalue weighted by atomic mass is 15.2. The van der Waals surface area contributed by atoms with E-state index in [-0.39, 0.29) is 5.41 Å². The van der Waals surface area contributed by atoms with Gasteiger partial charge in [-0.15, -0.1) is 0 Å². The van der Waals surface area contributed by atoms with Gasteiger partial charge in [-0.1, -0.05) is 20.8 Å². The van der Waals surface area contributed by atoms with Gasteiger partial charge >= 0.3 is 0 Å². The first-order chi connectivity index (χ1) is 9.25. The number of anilines is 1. The molecule has 3 heteroatoms. The molecule has 1 aliphatic heterocycles. The number of aryl methyl sites for hydroxylation is 1. The molecule has 0 aliphatic carbocycles. The third-order valence-corrected chi connectivity index (χ3v) is 3.96. The lowest BCUT2D eigenvalue weighted by Crippen LogP contribution is -2.27. The standard InChI is InChI=1S/C17H29N3/c1-13-9-15(17(2,3)4)18-16(10-13)20-8-7-14(12-20)11-19(5)6/h9-10,14H,7-8,11-12H2,1-6H3/t14-/m1/s1. The zero-order chi connectivity index (χ0) is 14.9. The average molecular weight is 275 g/mol. The molecule has 0 radical (unpaired) electrons. The second kappa shape index (κ2) is 5.72. The number of nitrogens with zero attached hydrogens (tertiary/aromatic N) is 3. The van der Waals surface area contributed by atoms with Crippen LogP contribution in [-0.2, 0) is 5.41 Å². The number of hydrogen-bond donors (Lipinski definition) is 0. The van der Waals surface area contributed by atoms with Crippen LogP contribution < -0.4 is 4.90 Å². The highest BCUT2D eigenvalue weighted by Crippen LogP contribution is 2.27. The van der Waals surface area contributed by atoms with Crippen molar-refractivity contribution in [1.29, 1.82) is 0 Å². The third-order valence-electron chi connectivity index (χ3n) is 3.96. The summed E-state index contributed by atoms with van der Waals surface area (Å²) in [5.41, 5.74) is 2.63. The SMILES string of the molecule is Cc1cc(N2CC[C@H](CN(C)C)C2)nc(C(C)(C)C)c1. The molecule has 1 aromatic heterocycles. The Kier molecular flexibility index (Phi) is 4.38. The van der Waals surface area contributed by atoms with E-state index in [1.54, 1.807) is 0 Å². The predicted octanol–water partition coefficient (Wildman–Crippen LogP) is 3.08. The Morgan fingerprint density at radius 2 is 2.00 bits per heavy atom. The van der Waals surface area contributed by atoms with Crippen LogP contribution >= 0.6 is 0 Å². The summed E-state index contributed by atoms with van der Waals surface area (Å²) in [5.74, 6) is 1.93. The number of hydrogen-bond acceptors (Lipinski definition) is 3. The molecule has 3 nitrogen and oxygen atoms in total. The van der Waals surface area contributed by atoms with E-state index in [1.165, 1.54) is 24.2 Å². The fraction of sp³-hybridized carbons (Fsp3) is 0.706. The third kappa shape index (κ3) is 3.72. The maximum atomic E-state index is 4.91. The molecule has 112 valence electrons. The Bertz CT molecular complexity index is 460. The molecule has 2 rings (SSSR count). The monoisotopic (exact) mass is 275 g/mol. The van der Waals surface area contributed by atoms with E-state index in [1.807, 2.05) is 0 Å². The molecule has 1 saturated heterocycles. The molecule has 1 aromatic rings. The molecule has 0 spiro atoms. The van der Waals surface area contributed by atoms with Crippen molar-refractivity contribution in [2.75, 3.05) is 38.6 Å². The first-order valence-electron chi connectivity index (χ1n) is 7.64. The van der Waals surface area contributed by atoms with Crippen molar-refractivity contribution < 1.29 is 0 Å². The summed E-state index contributed by atoms with van der Waals surface area (Å²) in [5, 5.41) is 0. The van der Waals surface area contributed by atoms with E-state index in [2.05, 4.69) is 63.7 Å². The van der Waals surface area contributed by atoms with Gasteiger partial charge in [0.1, 0.15) is 5.82 Å². The van der Waals surface area contributed by atoms with Crippen molar-refractivity contribution in [3.63, 3.8) is 0 Å². The summed E-state index contributed by atoms with van der Waals surface area (Å²) in [6, 6.07) is 4.45. The van der Waals surface area contributed by atoms with Crippen LogP contribution in [0.1, 0.15) is 38.4 Å². The quantitative estimate of drug-likeness (QED) is 0.845. The first-order valence-corrected chi connectivity index (χ1v) is 7.64. The number of aromatic nitrogens is 1. The van der Waals surface area contributed by atoms with Crippen LogP contribution in [0.4, 0.5) is 5.82 Å². The van der Waals surface area contributed by atoms with E-state index in [0.717, 1.165) is 24.8 Å². The normalized spacial score (nSPS) is 19.9. The molecule has 0 saturated carbocycles. The molecular formula is C17H29N3. The van der Waals surface area contributed by atoms with E-state index >= 15 is 0 Å². The molecule has 0 N–H and O–H groups in total. The Morgan fingerprint density at radius 1 is 1.30 bits per heavy atom. The van der Waals surface area contributed by atoms with E-state index in [0.29, 0.717) is 0 Å². The Labute approximate surface area is 124 Å². The molecule has 0 unspecified atom stereocenters. The summed E-state index contributed by atoms with van der Waals surface area (Å²) < 4.78 is 0. The van der Waals surface area contributed by atoms with Crippen LogP contribution in [0, 0.1) is 12.8 Å². The van der Waals surface area contributed by atoms with Crippen molar-refractivity contribution in [1.82, 2.24) is 9.88 Å². The topological polar surface area (TPSA) is 19.4 Å². The molecule has 2 heterocycles. The summed E-state index contributed by atoms with van der Waals surface area (Å²) in [6.45, 7) is 12.3. The lowest BCUT2D eigenvalue weighted by atomic mass is 9.91. The van der Waals surface area contributed by atoms with Crippen LogP contribution in [-0.4, -0.2) is 43.6 Å². The highest BCUT2D eigenvalue weighted by molar-refractivity contribution is 5.44. The second-order valence-electron chi connectivity index (χ2n) is 7.50. The van der Waals surface area contributed by atoms with Gasteiger partial charge in [-0.05, 0) is 51.1 Å². The molecular weight excluding hydrogens is 246 g/mol. The van der Waals surface area contributed by atoms with Crippen LogP contribution in [0.5, 0.6) is 0 Å². The van der Waals surface area contributed by atoms with Crippen molar-refractivity contribution >= 4 is 5.82 Å². The molecule has 1 fully saturated rings. The van der Waals surface area contributed by atoms with Gasteiger partial charge in [0.2, 0.25) is 0 Å². The first kappa shape index (κ1) is 15.3. The van der Waals surface area contributed by atoms with Crippen molar-refractivity contribution in [2.45, 2.75) is 39.5 Å². The Morgan fingerprint density at radius 3 is 2.60 bits per heavy atom. The Balaban J connectivity index is 2.16. The zero-order valence-electron chi connectivity index (χ0n) is 13.9. The summed E-state index contributed by atoms with van der Waals surface area (Å²) >= 11 is 0. The lowest BCUT2D eigenvalue weighted by molar-refractivity contribution is 0.340. The van der Waals surface area contributed by atoms with Gasteiger partial charge in [0, 0.05) is 30.7 Å². The maximum absolute atomic E-state index is 4.91. The highest BCUT2D eigenvalue weighted by Gasteiger charge is 2.25. The average Bonchev–Trinajstić information content (AvgIpc) is 2.74. The van der Waals surface area contributed by atoms with Gasteiger partial charge in [0.05, 0.1) is 0 Å². The number of pyridine rings is 1. The van der Waals surface area contributed by atoms with Crippen molar-refractivity contribution in [2.24, 2.45) is 5.92 Å². The summed E-state index contributed by atoms with van der Waals surface area (Å²) in [6.07, 6.45) is 1.28. The molecule has 0 bridgehead atoms. The van der Waals surface area contributed by atoms with Crippen LogP contribution in [0.3, 0.4) is 0 Å². The fourth-order valence-corrected chi connectivity index (χ4v) is 2.90. The van der Waals surface area contributed by atoms with Gasteiger partial charge in [-0.2, -0.15) is 0 Å². The largest absolute Gasteiger partial charge is 0.356 e. The predicted molar refractivity (Wildman–Crippen MR) is 86.5 cm³/mol. The fourth-order valence-electron chi connectivity index (χ4n) is 2.90. The van der Waals surface area contributed by atoms with Crippen molar-refractivity contribution in [3.8, 4) is 0 Å². The van der Waals surface area contributed by atoms with Gasteiger partial charge in [-0.3, -0.25) is 0 Å². The minimum absolute atomic E-state index is 0.115. The molecule has 0 aromatic carbocycles. The summed E-state index contributed by atoms with van der Waals surface area (Å²) in [4.78, 5) is 9.66. The van der Waals surface area contributed by atoms with E-state index in [4.69, 9.17) is 4.98 Å². The summed E-state index contributed by atoms with van der Waals surface area (Å²) in [7, 11) is 4.32. The maximum Gasteiger partial charge on any atom is 0.129 e. The van der Waals surface area contributed by atoms with Crippen LogP contribution in [0.2, 0.25) is 0 Å². The molecule has 0 amide bonds. The van der Waals surface area contributed by atoms with Gasteiger partial charge < -0.3 is 9.80 Å². The van der Waals surface area contributed by atoms with E-state index in [9.17, 15) is 0 Å². The van der Waals surface area contributed by atoms with Crippen LogP contribution in [0.25, 0.3) is 0 Å². The number of rotatable bonds is 3. The van der Waals surface area contributed by atoms with E-state index < -0.39 is 0 Å². The lowest BCUT2D eigenvalue weighted by Gasteiger charge is -2.24. The van der Waals surface area contributed by atoms with Gasteiger partial charge in [0.15, 0.2) is 0 Å². The minimum Gasteiger partial charge on any atom is -0.356 e. The van der Waals surface area contributed by atoms with Crippen LogP contribution in [0.15, 0.2) is 12.1 Å². The second-order valence-corrected chi connectivity index (χ2v) is 7.50. The molecule has 20 heavy (non-hydrogen) atoms. The van der Waals surface area contributed by atoms with Gasteiger partial charge in [-0.25, -0.2) is 4.98 Å². The van der Waals surface area contributed by atoms with Gasteiger partial charge in [0.25, 0.3) is 0 Å². The zero-order valence-corrected chi connectivity index (χ0v) is 13.9. The van der Waals surface area contributed by atoms with Crippen molar-refractivity contribution in [3.05, 3.63) is 23.4 Å².